The fraction of sp³-hybridized carbons (Fsp3) is 1.00. The summed E-state index contributed by atoms with van der Waals surface area (Å²) in [5, 5.41) is 3.61. The van der Waals surface area contributed by atoms with Gasteiger partial charge in [0.1, 0.15) is 0 Å². The Bertz CT molecular complexity index is 170. The molecular weight excluding hydrogens is 212 g/mol. The fourth-order valence-electron chi connectivity index (χ4n) is 2.31. The Morgan fingerprint density at radius 1 is 1.24 bits per heavy atom. The van der Waals surface area contributed by atoms with E-state index in [0.717, 1.165) is 26.3 Å². The number of unbranched alkanes of at least 4 members (excludes halogenated alkanes) is 1. The van der Waals surface area contributed by atoms with Gasteiger partial charge in [0.05, 0.1) is 6.61 Å². The number of nitrogens with one attached hydrogen (secondary N) is 1. The first kappa shape index (κ1) is 14.9. The van der Waals surface area contributed by atoms with Crippen molar-refractivity contribution in [3.05, 3.63) is 0 Å². The van der Waals surface area contributed by atoms with Crippen molar-refractivity contribution in [3.63, 3.8) is 0 Å². The van der Waals surface area contributed by atoms with Crippen LogP contribution in [-0.2, 0) is 4.74 Å². The first-order chi connectivity index (χ1) is 8.36. The number of likely N-dealkylation sites (N-methyl/N-ethyl adjacent to an activating group) is 1. The summed E-state index contributed by atoms with van der Waals surface area (Å²) >= 11 is 0. The lowest BCUT2D eigenvalue weighted by molar-refractivity contribution is 0.0981. The Labute approximate surface area is 107 Å². The highest BCUT2D eigenvalue weighted by Crippen LogP contribution is 2.08. The van der Waals surface area contributed by atoms with E-state index in [1.807, 2.05) is 0 Å². The van der Waals surface area contributed by atoms with Gasteiger partial charge in [-0.25, -0.2) is 0 Å². The SMILES string of the molecule is CCCCOCCN(CC)CC1CCCCN1. The first-order valence-electron chi connectivity index (χ1n) is 7.40. The van der Waals surface area contributed by atoms with Crippen molar-refractivity contribution < 1.29 is 4.74 Å². The van der Waals surface area contributed by atoms with Crippen LogP contribution in [0.4, 0.5) is 0 Å². The lowest BCUT2D eigenvalue weighted by atomic mass is 10.0. The monoisotopic (exact) mass is 242 g/mol. The highest BCUT2D eigenvalue weighted by Gasteiger charge is 2.15. The molecule has 1 unspecified atom stereocenters. The standard InChI is InChI=1S/C14H30N2O/c1-3-5-11-17-12-10-16(4-2)13-14-8-6-7-9-15-14/h14-15H,3-13H2,1-2H3. The third-order valence-electron chi connectivity index (χ3n) is 3.53. The average Bonchev–Trinajstić information content (AvgIpc) is 2.38. The summed E-state index contributed by atoms with van der Waals surface area (Å²) in [5.41, 5.74) is 0. The molecule has 1 fully saturated rings. The quantitative estimate of drug-likeness (QED) is 0.628. The maximum atomic E-state index is 5.63. The summed E-state index contributed by atoms with van der Waals surface area (Å²) in [6.07, 6.45) is 6.50. The van der Waals surface area contributed by atoms with Crippen LogP contribution in [0.3, 0.4) is 0 Å². The molecule has 1 aliphatic rings. The molecule has 17 heavy (non-hydrogen) atoms. The van der Waals surface area contributed by atoms with Gasteiger partial charge in [0.2, 0.25) is 0 Å². The minimum atomic E-state index is 0.708. The maximum Gasteiger partial charge on any atom is 0.0593 e. The lowest BCUT2D eigenvalue weighted by Crippen LogP contribution is -2.44. The van der Waals surface area contributed by atoms with Crippen LogP contribution in [0.1, 0.15) is 46.0 Å². The topological polar surface area (TPSA) is 24.5 Å². The van der Waals surface area contributed by atoms with Crippen LogP contribution in [0.2, 0.25) is 0 Å². The summed E-state index contributed by atoms with van der Waals surface area (Å²) < 4.78 is 5.63. The van der Waals surface area contributed by atoms with E-state index in [0.29, 0.717) is 6.04 Å². The number of nitrogens with zero attached hydrogens (tertiary/aromatic N) is 1. The van der Waals surface area contributed by atoms with Crippen LogP contribution in [0, 0.1) is 0 Å². The second-order valence-corrected chi connectivity index (χ2v) is 5.01. The third kappa shape index (κ3) is 7.02. The van der Waals surface area contributed by atoms with Crippen LogP contribution in [0.15, 0.2) is 0 Å². The summed E-state index contributed by atoms with van der Waals surface area (Å²) in [7, 11) is 0. The molecule has 1 atom stereocenters. The second kappa shape index (κ2) is 9.86. The van der Waals surface area contributed by atoms with Gasteiger partial charge < -0.3 is 10.1 Å². The molecule has 0 radical (unpaired) electrons. The second-order valence-electron chi connectivity index (χ2n) is 5.01. The molecule has 1 rings (SSSR count). The number of ether oxygens (including phenoxy) is 1. The zero-order valence-electron chi connectivity index (χ0n) is 11.7. The minimum absolute atomic E-state index is 0.708. The smallest absolute Gasteiger partial charge is 0.0593 e. The van der Waals surface area contributed by atoms with Gasteiger partial charge in [-0.3, -0.25) is 4.90 Å². The van der Waals surface area contributed by atoms with E-state index in [-0.39, 0.29) is 0 Å². The molecule has 0 spiro atoms. The fourth-order valence-corrected chi connectivity index (χ4v) is 2.31. The maximum absolute atomic E-state index is 5.63. The van der Waals surface area contributed by atoms with Gasteiger partial charge in [-0.1, -0.05) is 26.7 Å². The van der Waals surface area contributed by atoms with E-state index in [1.54, 1.807) is 0 Å². The van der Waals surface area contributed by atoms with Crippen molar-refractivity contribution in [2.45, 2.75) is 52.0 Å². The molecule has 3 nitrogen and oxygen atoms in total. The minimum Gasteiger partial charge on any atom is -0.380 e. The summed E-state index contributed by atoms with van der Waals surface area (Å²) in [5.74, 6) is 0. The van der Waals surface area contributed by atoms with Crippen LogP contribution in [-0.4, -0.2) is 50.3 Å². The predicted molar refractivity (Wildman–Crippen MR) is 73.5 cm³/mol. The molecule has 0 saturated carbocycles. The van der Waals surface area contributed by atoms with Crippen LogP contribution < -0.4 is 5.32 Å². The normalized spacial score (nSPS) is 21.0. The number of rotatable bonds is 9. The molecule has 1 aliphatic heterocycles. The summed E-state index contributed by atoms with van der Waals surface area (Å²) in [6.45, 7) is 10.9. The lowest BCUT2D eigenvalue weighted by Gasteiger charge is -2.29. The number of piperidine rings is 1. The number of hydrogen-bond donors (Lipinski definition) is 1. The average molecular weight is 242 g/mol. The highest BCUT2D eigenvalue weighted by molar-refractivity contribution is 4.75. The molecule has 0 bridgehead atoms. The van der Waals surface area contributed by atoms with E-state index in [2.05, 4.69) is 24.1 Å². The molecule has 0 aromatic rings. The number of hydrogen-bond acceptors (Lipinski definition) is 3. The Kier molecular flexibility index (Phi) is 8.67. The molecule has 0 aliphatic carbocycles. The van der Waals surface area contributed by atoms with Gasteiger partial charge in [-0.15, -0.1) is 0 Å². The van der Waals surface area contributed by atoms with Crippen LogP contribution in [0.25, 0.3) is 0 Å². The molecule has 0 aromatic heterocycles. The molecule has 1 heterocycles. The Morgan fingerprint density at radius 2 is 2.12 bits per heavy atom. The van der Waals surface area contributed by atoms with Gasteiger partial charge in [0.15, 0.2) is 0 Å². The Balaban J connectivity index is 2.05. The van der Waals surface area contributed by atoms with Crippen LogP contribution >= 0.6 is 0 Å². The molecule has 0 aromatic carbocycles. The molecular formula is C14H30N2O. The van der Waals surface area contributed by atoms with E-state index in [4.69, 9.17) is 4.74 Å². The van der Waals surface area contributed by atoms with Crippen molar-refractivity contribution in [2.24, 2.45) is 0 Å². The molecule has 102 valence electrons. The van der Waals surface area contributed by atoms with E-state index in [1.165, 1.54) is 45.2 Å². The van der Waals surface area contributed by atoms with Gasteiger partial charge in [0.25, 0.3) is 0 Å². The largest absolute Gasteiger partial charge is 0.380 e. The van der Waals surface area contributed by atoms with Crippen molar-refractivity contribution in [1.29, 1.82) is 0 Å². The predicted octanol–water partition coefficient (Wildman–Crippen LogP) is 2.27. The van der Waals surface area contributed by atoms with Crippen molar-refractivity contribution >= 4 is 0 Å². The van der Waals surface area contributed by atoms with Gasteiger partial charge in [0, 0.05) is 25.7 Å². The van der Waals surface area contributed by atoms with Gasteiger partial charge in [-0.2, -0.15) is 0 Å². The van der Waals surface area contributed by atoms with Crippen molar-refractivity contribution in [3.8, 4) is 0 Å². The summed E-state index contributed by atoms with van der Waals surface area (Å²) in [4.78, 5) is 2.51. The zero-order valence-corrected chi connectivity index (χ0v) is 11.7. The van der Waals surface area contributed by atoms with Crippen molar-refractivity contribution in [1.82, 2.24) is 10.2 Å². The first-order valence-corrected chi connectivity index (χ1v) is 7.40. The van der Waals surface area contributed by atoms with Crippen molar-refractivity contribution in [2.75, 3.05) is 39.4 Å². The highest BCUT2D eigenvalue weighted by atomic mass is 16.5. The molecule has 1 saturated heterocycles. The van der Waals surface area contributed by atoms with Crippen LogP contribution in [0.5, 0.6) is 0 Å². The molecule has 1 N–H and O–H groups in total. The zero-order chi connectivity index (χ0) is 12.3. The Morgan fingerprint density at radius 3 is 2.76 bits per heavy atom. The van der Waals surface area contributed by atoms with E-state index in [9.17, 15) is 0 Å². The van der Waals surface area contributed by atoms with E-state index < -0.39 is 0 Å². The Hall–Kier alpha value is -0.120. The third-order valence-corrected chi connectivity index (χ3v) is 3.53. The van der Waals surface area contributed by atoms with E-state index >= 15 is 0 Å². The van der Waals surface area contributed by atoms with Gasteiger partial charge in [-0.05, 0) is 32.4 Å². The summed E-state index contributed by atoms with van der Waals surface area (Å²) in [6, 6.07) is 0.708. The molecule has 3 heteroatoms. The van der Waals surface area contributed by atoms with Gasteiger partial charge >= 0.3 is 0 Å². The molecule has 0 amide bonds.